The van der Waals surface area contributed by atoms with Crippen molar-refractivity contribution < 1.29 is 4.79 Å². The van der Waals surface area contributed by atoms with Gasteiger partial charge < -0.3 is 10.2 Å². The molecule has 2 bridgehead atoms. The SMILES string of the molecule is O=C(c1cc(Cl)ccc1-c1ncccn1)N1C2CC(C2)C[C@H]1CNc1ccc(Cl)cn1. The van der Waals surface area contributed by atoms with E-state index in [4.69, 9.17) is 23.2 Å². The summed E-state index contributed by atoms with van der Waals surface area (Å²) in [5.41, 5.74) is 1.24. The van der Waals surface area contributed by atoms with Crippen molar-refractivity contribution in [2.45, 2.75) is 31.3 Å². The van der Waals surface area contributed by atoms with E-state index in [0.29, 0.717) is 39.5 Å². The Kier molecular flexibility index (Phi) is 5.50. The van der Waals surface area contributed by atoms with Gasteiger partial charge in [0.2, 0.25) is 0 Å². The van der Waals surface area contributed by atoms with Crippen LogP contribution >= 0.6 is 23.2 Å². The van der Waals surface area contributed by atoms with E-state index in [1.807, 2.05) is 17.0 Å². The molecule has 2 aromatic heterocycles. The first-order valence-corrected chi connectivity index (χ1v) is 11.1. The first kappa shape index (κ1) is 20.2. The van der Waals surface area contributed by atoms with Crippen LogP contribution in [-0.2, 0) is 0 Å². The summed E-state index contributed by atoms with van der Waals surface area (Å²) >= 11 is 12.2. The third-order valence-electron chi connectivity index (χ3n) is 6.10. The number of pyridine rings is 1. The summed E-state index contributed by atoms with van der Waals surface area (Å²) < 4.78 is 0. The molecule has 158 valence electrons. The Hall–Kier alpha value is -2.70. The molecule has 8 heteroatoms. The number of carbonyl (C=O) groups excluding carboxylic acids is 1. The highest BCUT2D eigenvalue weighted by Crippen LogP contribution is 2.44. The van der Waals surface area contributed by atoms with Gasteiger partial charge in [-0.3, -0.25) is 4.79 Å². The van der Waals surface area contributed by atoms with E-state index in [9.17, 15) is 4.79 Å². The van der Waals surface area contributed by atoms with Crippen LogP contribution in [-0.4, -0.2) is 44.4 Å². The number of benzene rings is 1. The Morgan fingerprint density at radius 1 is 1.03 bits per heavy atom. The Balaban J connectivity index is 1.43. The number of hydrogen-bond donors (Lipinski definition) is 1. The molecule has 6 rings (SSSR count). The number of carbonyl (C=O) groups is 1. The van der Waals surface area contributed by atoms with E-state index in [2.05, 4.69) is 20.3 Å². The molecule has 0 spiro atoms. The van der Waals surface area contributed by atoms with Gasteiger partial charge in [0, 0.05) is 47.8 Å². The van der Waals surface area contributed by atoms with Gasteiger partial charge in [-0.15, -0.1) is 0 Å². The van der Waals surface area contributed by atoms with Gasteiger partial charge in [-0.25, -0.2) is 15.0 Å². The van der Waals surface area contributed by atoms with Crippen molar-refractivity contribution in [3.8, 4) is 11.4 Å². The number of aromatic nitrogens is 3. The maximum Gasteiger partial charge on any atom is 0.255 e. The summed E-state index contributed by atoms with van der Waals surface area (Å²) in [5, 5.41) is 4.48. The van der Waals surface area contributed by atoms with Crippen molar-refractivity contribution in [2.24, 2.45) is 5.92 Å². The molecule has 2 saturated heterocycles. The van der Waals surface area contributed by atoms with Crippen LogP contribution < -0.4 is 5.32 Å². The monoisotopic (exact) mass is 453 g/mol. The normalized spacial score (nSPS) is 22.0. The van der Waals surface area contributed by atoms with Gasteiger partial charge in [-0.1, -0.05) is 23.2 Å². The number of piperidine rings is 2. The summed E-state index contributed by atoms with van der Waals surface area (Å²) in [6.07, 6.45) is 8.05. The second-order valence-electron chi connectivity index (χ2n) is 8.10. The van der Waals surface area contributed by atoms with Crippen LogP contribution in [0.15, 0.2) is 55.0 Å². The molecular weight excluding hydrogens is 433 g/mol. The summed E-state index contributed by atoms with van der Waals surface area (Å²) in [5.74, 6) is 1.92. The smallest absolute Gasteiger partial charge is 0.255 e. The minimum atomic E-state index is -0.0241. The van der Waals surface area contributed by atoms with E-state index in [1.54, 1.807) is 42.9 Å². The Bertz CT molecular complexity index is 1090. The van der Waals surface area contributed by atoms with Crippen molar-refractivity contribution in [3.05, 3.63) is 70.6 Å². The Labute approximate surface area is 190 Å². The maximum atomic E-state index is 13.8. The largest absolute Gasteiger partial charge is 0.368 e. The van der Waals surface area contributed by atoms with Crippen LogP contribution in [0.3, 0.4) is 0 Å². The third kappa shape index (κ3) is 4.10. The molecule has 1 aliphatic carbocycles. The topological polar surface area (TPSA) is 71.0 Å². The second kappa shape index (κ2) is 8.44. The lowest BCUT2D eigenvalue weighted by Crippen LogP contribution is -2.60. The highest BCUT2D eigenvalue weighted by Gasteiger charge is 2.46. The summed E-state index contributed by atoms with van der Waals surface area (Å²) in [6.45, 7) is 0.630. The van der Waals surface area contributed by atoms with Crippen molar-refractivity contribution in [3.63, 3.8) is 0 Å². The lowest BCUT2D eigenvalue weighted by Gasteiger charge is -2.53. The number of nitrogens with one attached hydrogen (secondary N) is 1. The van der Waals surface area contributed by atoms with Gasteiger partial charge >= 0.3 is 0 Å². The highest BCUT2D eigenvalue weighted by molar-refractivity contribution is 6.31. The van der Waals surface area contributed by atoms with E-state index < -0.39 is 0 Å². The molecule has 3 aliphatic rings. The number of hydrogen-bond acceptors (Lipinski definition) is 5. The van der Waals surface area contributed by atoms with Gasteiger partial charge in [0.05, 0.1) is 10.6 Å². The molecule has 0 unspecified atom stereocenters. The number of rotatable bonds is 5. The fourth-order valence-electron chi connectivity index (χ4n) is 4.60. The molecule has 0 radical (unpaired) electrons. The third-order valence-corrected chi connectivity index (χ3v) is 6.56. The van der Waals surface area contributed by atoms with Crippen LogP contribution in [0.4, 0.5) is 5.82 Å². The Morgan fingerprint density at radius 3 is 2.55 bits per heavy atom. The zero-order chi connectivity index (χ0) is 21.4. The Morgan fingerprint density at radius 2 is 1.81 bits per heavy atom. The molecule has 4 heterocycles. The molecule has 3 fully saturated rings. The first-order valence-electron chi connectivity index (χ1n) is 10.3. The second-order valence-corrected chi connectivity index (χ2v) is 8.97. The van der Waals surface area contributed by atoms with Crippen molar-refractivity contribution in [2.75, 3.05) is 11.9 Å². The predicted molar refractivity (Wildman–Crippen MR) is 121 cm³/mol. The number of fused-ring (bicyclic) bond motifs is 2. The van der Waals surface area contributed by atoms with Gasteiger partial charge in [0.1, 0.15) is 5.82 Å². The van der Waals surface area contributed by atoms with Gasteiger partial charge in [-0.2, -0.15) is 0 Å². The number of anilines is 1. The average molecular weight is 454 g/mol. The highest BCUT2D eigenvalue weighted by atomic mass is 35.5. The van der Waals surface area contributed by atoms with E-state index in [0.717, 1.165) is 25.1 Å². The maximum absolute atomic E-state index is 13.8. The molecule has 1 atom stereocenters. The van der Waals surface area contributed by atoms with Crippen molar-refractivity contribution in [1.82, 2.24) is 19.9 Å². The van der Waals surface area contributed by atoms with Crippen LogP contribution in [0.1, 0.15) is 29.6 Å². The number of nitrogens with zero attached hydrogens (tertiary/aromatic N) is 4. The van der Waals surface area contributed by atoms with Crippen LogP contribution in [0.5, 0.6) is 0 Å². The zero-order valence-corrected chi connectivity index (χ0v) is 18.2. The van der Waals surface area contributed by atoms with Gasteiger partial charge in [-0.05, 0) is 61.6 Å². The molecule has 1 amide bonds. The van der Waals surface area contributed by atoms with E-state index in [-0.39, 0.29) is 18.0 Å². The van der Waals surface area contributed by atoms with Gasteiger partial charge in [0.25, 0.3) is 5.91 Å². The molecular formula is C23H21Cl2N5O. The molecule has 1 saturated carbocycles. The molecule has 2 aliphatic heterocycles. The first-order chi connectivity index (χ1) is 15.1. The zero-order valence-electron chi connectivity index (χ0n) is 16.7. The summed E-state index contributed by atoms with van der Waals surface area (Å²) in [4.78, 5) is 28.8. The van der Waals surface area contributed by atoms with E-state index >= 15 is 0 Å². The lowest BCUT2D eigenvalue weighted by molar-refractivity contribution is -0.0141. The number of amides is 1. The molecule has 31 heavy (non-hydrogen) atoms. The minimum Gasteiger partial charge on any atom is -0.368 e. The quantitative estimate of drug-likeness (QED) is 0.591. The molecule has 1 N–H and O–H groups in total. The lowest BCUT2D eigenvalue weighted by atomic mass is 9.70. The molecule has 3 aromatic rings. The van der Waals surface area contributed by atoms with Crippen molar-refractivity contribution >= 4 is 34.9 Å². The van der Waals surface area contributed by atoms with Crippen LogP contribution in [0.2, 0.25) is 10.0 Å². The minimum absolute atomic E-state index is 0.0241. The standard InChI is InChI=1S/C23H21Cl2N5O/c24-15-2-4-19(22-26-6-1-7-27-22)20(11-15)23(31)30-17-8-14(9-17)10-18(30)13-29-21-5-3-16(25)12-28-21/h1-7,11-12,14,17-18H,8-10,13H2,(H,28,29)/t14?,17?,18-/m0/s1. The van der Waals surface area contributed by atoms with Crippen LogP contribution in [0.25, 0.3) is 11.4 Å². The summed E-state index contributed by atoms with van der Waals surface area (Å²) in [7, 11) is 0. The van der Waals surface area contributed by atoms with Crippen molar-refractivity contribution in [1.29, 1.82) is 0 Å². The fourth-order valence-corrected chi connectivity index (χ4v) is 4.88. The summed E-state index contributed by atoms with van der Waals surface area (Å²) in [6, 6.07) is 11.0. The fraction of sp³-hybridized carbons (Fsp3) is 0.304. The predicted octanol–water partition coefficient (Wildman–Crippen LogP) is 4.95. The van der Waals surface area contributed by atoms with Crippen LogP contribution in [0, 0.1) is 5.92 Å². The molecule has 6 nitrogen and oxygen atoms in total. The number of halogens is 2. The van der Waals surface area contributed by atoms with Gasteiger partial charge in [0.15, 0.2) is 5.82 Å². The molecule has 1 aromatic carbocycles. The van der Waals surface area contributed by atoms with E-state index in [1.165, 1.54) is 0 Å². The average Bonchev–Trinajstić information content (AvgIpc) is 2.78.